The second kappa shape index (κ2) is 5.76. The van der Waals surface area contributed by atoms with E-state index in [0.717, 1.165) is 0 Å². The normalized spacial score (nSPS) is 14.0. The third kappa shape index (κ3) is 3.82. The molecule has 2 rings (SSSR count). The fourth-order valence-electron chi connectivity index (χ4n) is 1.68. The van der Waals surface area contributed by atoms with Crippen LogP contribution in [0.15, 0.2) is 46.5 Å². The summed E-state index contributed by atoms with van der Waals surface area (Å²) in [5.41, 5.74) is 0.599. The third-order valence-electron chi connectivity index (χ3n) is 2.76. The fourth-order valence-corrected chi connectivity index (χ4v) is 3.59. The van der Waals surface area contributed by atoms with Gasteiger partial charge in [-0.05, 0) is 30.7 Å². The molecule has 1 unspecified atom stereocenters. The van der Waals surface area contributed by atoms with Crippen LogP contribution in [0.4, 0.5) is 0 Å². The molecular weight excluding hydrogens is 338 g/mol. The topological polar surface area (TPSA) is 109 Å². The molecule has 2 aromatic rings. The third-order valence-corrected chi connectivity index (χ3v) is 5.60. The number of nitrogens with one attached hydrogen (secondary N) is 2. The Bertz CT molecular complexity index is 815. The van der Waals surface area contributed by atoms with Crippen molar-refractivity contribution in [2.75, 3.05) is 0 Å². The second-order valence-electron chi connectivity index (χ2n) is 4.27. The average Bonchev–Trinajstić information content (AvgIpc) is 2.92. The highest BCUT2D eigenvalue weighted by atomic mass is 35.7. The lowest BCUT2D eigenvalue weighted by Crippen LogP contribution is -2.27. The predicted molar refractivity (Wildman–Crippen MR) is 76.8 cm³/mol. The smallest absolute Gasteiger partial charge is 0.261 e. The van der Waals surface area contributed by atoms with Gasteiger partial charge >= 0.3 is 0 Å². The molecule has 1 aromatic heterocycles. The van der Waals surface area contributed by atoms with Crippen LogP contribution < -0.4 is 4.72 Å². The molecule has 0 aliphatic carbocycles. The van der Waals surface area contributed by atoms with Crippen LogP contribution >= 0.6 is 10.7 Å². The minimum Gasteiger partial charge on any atom is -0.266 e. The van der Waals surface area contributed by atoms with E-state index in [9.17, 15) is 16.8 Å². The van der Waals surface area contributed by atoms with Gasteiger partial charge in [-0.3, -0.25) is 5.10 Å². The largest absolute Gasteiger partial charge is 0.266 e. The number of aromatic amines is 1. The Morgan fingerprint density at radius 3 is 2.24 bits per heavy atom. The number of sulfonamides is 1. The lowest BCUT2D eigenvalue weighted by molar-refractivity contribution is 0.562. The molecular formula is C11H12ClN3O4S2. The second-order valence-corrected chi connectivity index (χ2v) is 8.52. The minimum absolute atomic E-state index is 0.0449. The van der Waals surface area contributed by atoms with Gasteiger partial charge in [-0.2, -0.15) is 5.10 Å². The van der Waals surface area contributed by atoms with Crippen molar-refractivity contribution in [3.63, 3.8) is 0 Å². The quantitative estimate of drug-likeness (QED) is 0.792. The van der Waals surface area contributed by atoms with Gasteiger partial charge in [0.2, 0.25) is 0 Å². The van der Waals surface area contributed by atoms with Gasteiger partial charge in [0, 0.05) is 16.7 Å². The summed E-state index contributed by atoms with van der Waals surface area (Å²) >= 11 is 0. The Labute approximate surface area is 126 Å². The summed E-state index contributed by atoms with van der Waals surface area (Å²) in [6.07, 6.45) is 1.33. The molecule has 1 aromatic carbocycles. The Hall–Kier alpha value is -1.42. The summed E-state index contributed by atoms with van der Waals surface area (Å²) in [6.45, 7) is 1.64. The SMILES string of the molecule is CC(NS(=O)(=O)c1ccn[nH]1)c1ccc(S(=O)(=O)Cl)cc1. The molecule has 1 heterocycles. The van der Waals surface area contributed by atoms with E-state index in [0.29, 0.717) is 5.56 Å². The van der Waals surface area contributed by atoms with Gasteiger partial charge in [0.25, 0.3) is 19.1 Å². The molecule has 0 saturated heterocycles. The van der Waals surface area contributed by atoms with Crippen LogP contribution in [0, 0.1) is 0 Å². The van der Waals surface area contributed by atoms with Crippen LogP contribution in [0.3, 0.4) is 0 Å². The number of nitrogens with zero attached hydrogens (tertiary/aromatic N) is 1. The lowest BCUT2D eigenvalue weighted by atomic mass is 10.1. The van der Waals surface area contributed by atoms with Gasteiger partial charge in [-0.1, -0.05) is 12.1 Å². The number of aromatic nitrogens is 2. The highest BCUT2D eigenvalue weighted by Crippen LogP contribution is 2.20. The van der Waals surface area contributed by atoms with Gasteiger partial charge < -0.3 is 0 Å². The summed E-state index contributed by atoms with van der Waals surface area (Å²) in [4.78, 5) is -0.0449. The number of H-pyrrole nitrogens is 1. The first-order valence-corrected chi connectivity index (χ1v) is 9.56. The van der Waals surface area contributed by atoms with Crippen LogP contribution in [0.5, 0.6) is 0 Å². The molecule has 10 heteroatoms. The van der Waals surface area contributed by atoms with E-state index < -0.39 is 25.1 Å². The van der Waals surface area contributed by atoms with Crippen molar-refractivity contribution >= 4 is 29.8 Å². The van der Waals surface area contributed by atoms with Gasteiger partial charge in [-0.25, -0.2) is 21.6 Å². The summed E-state index contributed by atoms with van der Waals surface area (Å²) in [6, 6.07) is 6.41. The highest BCUT2D eigenvalue weighted by Gasteiger charge is 2.20. The number of rotatable bonds is 5. The molecule has 0 fully saturated rings. The van der Waals surface area contributed by atoms with E-state index in [1.807, 2.05) is 0 Å². The summed E-state index contributed by atoms with van der Waals surface area (Å²) in [5, 5.41) is 5.90. The van der Waals surface area contributed by atoms with Crippen molar-refractivity contribution in [2.45, 2.75) is 22.9 Å². The maximum atomic E-state index is 12.0. The minimum atomic E-state index is -3.80. The first kappa shape index (κ1) is 16.0. The zero-order valence-electron chi connectivity index (χ0n) is 10.8. The lowest BCUT2D eigenvalue weighted by Gasteiger charge is -2.14. The van der Waals surface area contributed by atoms with E-state index >= 15 is 0 Å². The van der Waals surface area contributed by atoms with Crippen LogP contribution in [0.25, 0.3) is 0 Å². The Kier molecular flexibility index (Phi) is 4.38. The Morgan fingerprint density at radius 2 is 1.76 bits per heavy atom. The number of hydrogen-bond donors (Lipinski definition) is 2. The Balaban J connectivity index is 2.20. The first-order chi connectivity index (χ1) is 9.70. The predicted octanol–water partition coefficient (Wildman–Crippen LogP) is 1.38. The highest BCUT2D eigenvalue weighted by molar-refractivity contribution is 8.13. The number of benzene rings is 1. The monoisotopic (exact) mass is 349 g/mol. The molecule has 114 valence electrons. The van der Waals surface area contributed by atoms with E-state index in [2.05, 4.69) is 14.9 Å². The van der Waals surface area contributed by atoms with Crippen molar-refractivity contribution in [2.24, 2.45) is 0 Å². The maximum Gasteiger partial charge on any atom is 0.261 e. The van der Waals surface area contributed by atoms with Gasteiger partial charge in [0.15, 0.2) is 5.03 Å². The molecule has 0 spiro atoms. The van der Waals surface area contributed by atoms with E-state index in [4.69, 9.17) is 10.7 Å². The van der Waals surface area contributed by atoms with E-state index in [1.54, 1.807) is 6.92 Å². The molecule has 0 aliphatic rings. The molecule has 0 aliphatic heterocycles. The zero-order chi connectivity index (χ0) is 15.7. The molecule has 7 nitrogen and oxygen atoms in total. The molecule has 0 bridgehead atoms. The average molecular weight is 350 g/mol. The zero-order valence-corrected chi connectivity index (χ0v) is 13.2. The van der Waals surface area contributed by atoms with Crippen LogP contribution in [0.2, 0.25) is 0 Å². The standard InChI is InChI=1S/C11H12ClN3O4S2/c1-8(15-21(18,19)11-6-7-13-14-11)9-2-4-10(5-3-9)20(12,16)17/h2-8,15H,1H3,(H,13,14). The van der Waals surface area contributed by atoms with Crippen molar-refractivity contribution in [1.82, 2.24) is 14.9 Å². The van der Waals surface area contributed by atoms with Crippen LogP contribution in [0.1, 0.15) is 18.5 Å². The van der Waals surface area contributed by atoms with Gasteiger partial charge in [-0.15, -0.1) is 0 Å². The fraction of sp³-hybridized carbons (Fsp3) is 0.182. The van der Waals surface area contributed by atoms with Gasteiger partial charge in [0.1, 0.15) is 0 Å². The molecule has 0 radical (unpaired) electrons. The molecule has 1 atom stereocenters. The van der Waals surface area contributed by atoms with Crippen molar-refractivity contribution in [3.05, 3.63) is 42.1 Å². The van der Waals surface area contributed by atoms with Gasteiger partial charge in [0.05, 0.1) is 11.1 Å². The molecule has 21 heavy (non-hydrogen) atoms. The maximum absolute atomic E-state index is 12.0. The van der Waals surface area contributed by atoms with E-state index in [-0.39, 0.29) is 9.92 Å². The number of hydrogen-bond acceptors (Lipinski definition) is 5. The van der Waals surface area contributed by atoms with Crippen LogP contribution in [-0.2, 0) is 19.1 Å². The number of halogens is 1. The summed E-state index contributed by atoms with van der Waals surface area (Å²) in [5.74, 6) is 0. The summed E-state index contributed by atoms with van der Waals surface area (Å²) < 4.78 is 48.7. The van der Waals surface area contributed by atoms with Crippen molar-refractivity contribution in [1.29, 1.82) is 0 Å². The summed E-state index contributed by atoms with van der Waals surface area (Å²) in [7, 11) is -2.30. The van der Waals surface area contributed by atoms with Crippen LogP contribution in [-0.4, -0.2) is 27.0 Å². The molecule has 2 N–H and O–H groups in total. The van der Waals surface area contributed by atoms with E-state index in [1.165, 1.54) is 36.5 Å². The Morgan fingerprint density at radius 1 is 1.14 bits per heavy atom. The first-order valence-electron chi connectivity index (χ1n) is 5.76. The molecule has 0 saturated carbocycles. The van der Waals surface area contributed by atoms with Crippen molar-refractivity contribution < 1.29 is 16.8 Å². The molecule has 0 amide bonds. The van der Waals surface area contributed by atoms with Crippen molar-refractivity contribution in [3.8, 4) is 0 Å².